The van der Waals surface area contributed by atoms with E-state index in [1.807, 2.05) is 0 Å². The number of hydrogen-bond acceptors (Lipinski definition) is 4. The zero-order valence-corrected chi connectivity index (χ0v) is 13.5. The van der Waals surface area contributed by atoms with Crippen molar-refractivity contribution in [3.63, 3.8) is 0 Å². The highest BCUT2D eigenvalue weighted by Gasteiger charge is 2.27. The minimum Gasteiger partial charge on any atom is -0.481 e. The van der Waals surface area contributed by atoms with E-state index in [2.05, 4.69) is 16.6 Å². The van der Waals surface area contributed by atoms with Crippen molar-refractivity contribution in [1.82, 2.24) is 4.72 Å². The van der Waals surface area contributed by atoms with E-state index in [4.69, 9.17) is 9.84 Å². The van der Waals surface area contributed by atoms with Gasteiger partial charge < -0.3 is 9.84 Å². The van der Waals surface area contributed by atoms with Gasteiger partial charge in [0.15, 0.2) is 0 Å². The molecule has 0 saturated carbocycles. The zero-order chi connectivity index (χ0) is 16.8. The van der Waals surface area contributed by atoms with Gasteiger partial charge in [0, 0.05) is 0 Å². The Balaban J connectivity index is 2.88. The van der Waals surface area contributed by atoms with Crippen LogP contribution in [0.15, 0.2) is 29.2 Å². The van der Waals surface area contributed by atoms with Crippen LogP contribution in [0.3, 0.4) is 0 Å². The maximum atomic E-state index is 12.2. The van der Waals surface area contributed by atoms with Crippen molar-refractivity contribution < 1.29 is 23.1 Å². The maximum absolute atomic E-state index is 12.2. The standard InChI is InChI=1S/C15H19NO5S/c1-4-5-10-21-12-6-8-13(9-7-12)22(19,20)16-14(11(2)3)15(17)18/h6-9,11,14,16H,10H2,1-3H3,(H,17,18). The first-order valence-corrected chi connectivity index (χ1v) is 8.14. The summed E-state index contributed by atoms with van der Waals surface area (Å²) in [6.07, 6.45) is 0. The van der Waals surface area contributed by atoms with Crippen LogP contribution in [0, 0.1) is 17.8 Å². The van der Waals surface area contributed by atoms with Crippen LogP contribution in [0.4, 0.5) is 0 Å². The van der Waals surface area contributed by atoms with Gasteiger partial charge in [0.25, 0.3) is 0 Å². The minimum absolute atomic E-state index is 0.0201. The molecule has 0 aromatic heterocycles. The van der Waals surface area contributed by atoms with E-state index in [0.29, 0.717) is 5.75 Å². The van der Waals surface area contributed by atoms with Gasteiger partial charge in [0.05, 0.1) is 4.90 Å². The molecule has 1 rings (SSSR count). The summed E-state index contributed by atoms with van der Waals surface area (Å²) in [5, 5.41) is 9.06. The first kappa shape index (κ1) is 18.0. The van der Waals surface area contributed by atoms with Crippen molar-refractivity contribution in [3.8, 4) is 17.6 Å². The van der Waals surface area contributed by atoms with Gasteiger partial charge in [-0.05, 0) is 37.1 Å². The first-order valence-electron chi connectivity index (χ1n) is 6.65. The average molecular weight is 325 g/mol. The van der Waals surface area contributed by atoms with E-state index in [-0.39, 0.29) is 17.4 Å². The Bertz CT molecular complexity index is 668. The highest BCUT2D eigenvalue weighted by atomic mass is 32.2. The maximum Gasteiger partial charge on any atom is 0.322 e. The first-order chi connectivity index (χ1) is 10.3. The molecule has 1 unspecified atom stereocenters. The summed E-state index contributed by atoms with van der Waals surface area (Å²) in [4.78, 5) is 11.1. The molecule has 1 aromatic rings. The molecule has 0 bridgehead atoms. The Morgan fingerprint density at radius 3 is 2.36 bits per heavy atom. The number of ether oxygens (including phenoxy) is 1. The molecule has 0 spiro atoms. The van der Waals surface area contributed by atoms with Crippen molar-refractivity contribution in [2.24, 2.45) is 5.92 Å². The fourth-order valence-electron chi connectivity index (χ4n) is 1.61. The van der Waals surface area contributed by atoms with Crippen molar-refractivity contribution >= 4 is 16.0 Å². The monoisotopic (exact) mass is 325 g/mol. The van der Waals surface area contributed by atoms with Crippen LogP contribution >= 0.6 is 0 Å². The van der Waals surface area contributed by atoms with E-state index in [1.165, 1.54) is 24.3 Å². The molecule has 0 amide bonds. The predicted molar refractivity (Wildman–Crippen MR) is 82.0 cm³/mol. The van der Waals surface area contributed by atoms with Crippen LogP contribution < -0.4 is 9.46 Å². The normalized spacial score (nSPS) is 12.4. The Hall–Kier alpha value is -2.04. The van der Waals surface area contributed by atoms with Crippen molar-refractivity contribution in [3.05, 3.63) is 24.3 Å². The number of hydrogen-bond donors (Lipinski definition) is 2. The Kier molecular flexibility index (Phi) is 6.40. The van der Waals surface area contributed by atoms with Gasteiger partial charge in [-0.15, -0.1) is 5.92 Å². The molecule has 1 atom stereocenters. The Labute approximate surface area is 130 Å². The van der Waals surface area contributed by atoms with Crippen molar-refractivity contribution in [2.45, 2.75) is 31.7 Å². The van der Waals surface area contributed by atoms with Gasteiger partial charge in [-0.3, -0.25) is 4.79 Å². The number of carbonyl (C=O) groups is 1. The fraction of sp³-hybridized carbons (Fsp3) is 0.400. The summed E-state index contributed by atoms with van der Waals surface area (Å²) in [6, 6.07) is 4.53. The SMILES string of the molecule is CC#CCOc1ccc(S(=O)(=O)NC(C(=O)O)C(C)C)cc1. The van der Waals surface area contributed by atoms with E-state index in [0.717, 1.165) is 0 Å². The second-order valence-corrected chi connectivity index (χ2v) is 6.58. The lowest BCUT2D eigenvalue weighted by Gasteiger charge is -2.18. The molecule has 0 aliphatic carbocycles. The Morgan fingerprint density at radius 2 is 1.91 bits per heavy atom. The molecular formula is C15H19NO5S. The molecule has 2 N–H and O–H groups in total. The van der Waals surface area contributed by atoms with Gasteiger partial charge in [-0.25, -0.2) is 8.42 Å². The third kappa shape index (κ3) is 5.06. The van der Waals surface area contributed by atoms with Crippen LogP contribution in [-0.2, 0) is 14.8 Å². The zero-order valence-electron chi connectivity index (χ0n) is 12.7. The number of carboxylic acid groups (broad SMARTS) is 1. The van der Waals surface area contributed by atoms with Gasteiger partial charge in [0.1, 0.15) is 18.4 Å². The lowest BCUT2D eigenvalue weighted by Crippen LogP contribution is -2.44. The fourth-order valence-corrected chi connectivity index (χ4v) is 2.95. The lowest BCUT2D eigenvalue weighted by molar-refractivity contribution is -0.140. The van der Waals surface area contributed by atoms with Gasteiger partial charge in [-0.1, -0.05) is 19.8 Å². The van der Waals surface area contributed by atoms with Gasteiger partial charge in [-0.2, -0.15) is 4.72 Å². The molecule has 120 valence electrons. The summed E-state index contributed by atoms with van der Waals surface area (Å²) >= 11 is 0. The summed E-state index contributed by atoms with van der Waals surface area (Å²) in [7, 11) is -3.91. The third-order valence-corrected chi connectivity index (χ3v) is 4.29. The van der Waals surface area contributed by atoms with Crippen LogP contribution in [0.25, 0.3) is 0 Å². The van der Waals surface area contributed by atoms with E-state index in [9.17, 15) is 13.2 Å². The minimum atomic E-state index is -3.91. The Morgan fingerprint density at radius 1 is 1.32 bits per heavy atom. The molecule has 0 heterocycles. The number of carboxylic acids is 1. The molecule has 0 saturated heterocycles. The van der Waals surface area contributed by atoms with Crippen molar-refractivity contribution in [1.29, 1.82) is 0 Å². The summed E-state index contributed by atoms with van der Waals surface area (Å²) in [5.41, 5.74) is 0. The summed E-state index contributed by atoms with van der Waals surface area (Å²) in [5.74, 6) is 4.31. The number of sulfonamides is 1. The molecule has 0 aliphatic rings. The molecule has 0 aliphatic heterocycles. The molecule has 22 heavy (non-hydrogen) atoms. The lowest BCUT2D eigenvalue weighted by atomic mass is 10.1. The van der Waals surface area contributed by atoms with Crippen LogP contribution in [0.2, 0.25) is 0 Å². The summed E-state index contributed by atoms with van der Waals surface area (Å²) in [6.45, 7) is 5.17. The quantitative estimate of drug-likeness (QED) is 0.741. The number of nitrogens with one attached hydrogen (secondary N) is 1. The van der Waals surface area contributed by atoms with E-state index >= 15 is 0 Å². The van der Waals surface area contributed by atoms with Crippen LogP contribution in [0.5, 0.6) is 5.75 Å². The van der Waals surface area contributed by atoms with E-state index in [1.54, 1.807) is 20.8 Å². The number of aliphatic carboxylic acids is 1. The highest BCUT2D eigenvalue weighted by Crippen LogP contribution is 2.17. The van der Waals surface area contributed by atoms with Gasteiger partial charge in [0.2, 0.25) is 10.0 Å². The molecular weight excluding hydrogens is 306 g/mol. The molecule has 0 radical (unpaired) electrons. The topological polar surface area (TPSA) is 92.7 Å². The largest absolute Gasteiger partial charge is 0.481 e. The van der Waals surface area contributed by atoms with Crippen molar-refractivity contribution in [2.75, 3.05) is 6.61 Å². The van der Waals surface area contributed by atoms with Crippen LogP contribution in [0.1, 0.15) is 20.8 Å². The molecule has 1 aromatic carbocycles. The molecule has 6 nitrogen and oxygen atoms in total. The second-order valence-electron chi connectivity index (χ2n) is 4.87. The second kappa shape index (κ2) is 7.82. The van der Waals surface area contributed by atoms with E-state index < -0.39 is 22.0 Å². The number of rotatable bonds is 7. The summed E-state index contributed by atoms with van der Waals surface area (Å²) < 4.78 is 31.8. The predicted octanol–water partition coefficient (Wildman–Crippen LogP) is 1.48. The van der Waals surface area contributed by atoms with Gasteiger partial charge >= 0.3 is 5.97 Å². The number of benzene rings is 1. The highest BCUT2D eigenvalue weighted by molar-refractivity contribution is 7.89. The smallest absolute Gasteiger partial charge is 0.322 e. The molecule has 0 fully saturated rings. The average Bonchev–Trinajstić information content (AvgIpc) is 2.45. The third-order valence-electron chi connectivity index (χ3n) is 2.84. The van der Waals surface area contributed by atoms with Crippen LogP contribution in [-0.4, -0.2) is 32.1 Å². The molecule has 7 heteroatoms.